The molecule has 2 aromatic carbocycles. The molecular formula is C23H24ClN4O7+. The van der Waals surface area contributed by atoms with Crippen molar-refractivity contribution >= 4 is 35.2 Å². The van der Waals surface area contributed by atoms with Crippen LogP contribution in [0, 0.1) is 16.0 Å². The molecule has 3 unspecified atom stereocenters. The van der Waals surface area contributed by atoms with Crippen molar-refractivity contribution in [1.82, 2.24) is 5.32 Å². The van der Waals surface area contributed by atoms with Gasteiger partial charge in [0, 0.05) is 40.7 Å². The minimum Gasteiger partial charge on any atom is -0.508 e. The number of carbonyl (C=O) groups is 1. The van der Waals surface area contributed by atoms with Crippen molar-refractivity contribution in [3.8, 4) is 5.75 Å². The number of aliphatic imine (C=N–C) groups is 1. The molecule has 184 valence electrons. The lowest BCUT2D eigenvalue weighted by Crippen LogP contribution is -2.76. The van der Waals surface area contributed by atoms with E-state index in [0.717, 1.165) is 6.34 Å². The molecule has 4 N–H and O–H groups in total. The summed E-state index contributed by atoms with van der Waals surface area (Å²) in [5, 5.41) is 46.8. The Morgan fingerprint density at radius 2 is 2.09 bits per heavy atom. The summed E-state index contributed by atoms with van der Waals surface area (Å²) in [6, 6.07) is 9.95. The molecular weight excluding hydrogens is 480 g/mol. The molecule has 11 nitrogen and oxygen atoms in total. The summed E-state index contributed by atoms with van der Waals surface area (Å²) in [6.07, 6.45) is -0.250. The molecule has 2 aliphatic rings. The molecule has 0 spiro atoms. The number of hydrogen-bond donors (Lipinski definition) is 4. The van der Waals surface area contributed by atoms with E-state index in [9.17, 15) is 30.3 Å². The highest BCUT2D eigenvalue weighted by Gasteiger charge is 2.70. The Morgan fingerprint density at radius 1 is 1.34 bits per heavy atom. The molecule has 2 aromatic rings. The van der Waals surface area contributed by atoms with E-state index < -0.39 is 27.5 Å². The molecule has 1 fully saturated rings. The number of amides is 1. The van der Waals surface area contributed by atoms with Gasteiger partial charge in [0.15, 0.2) is 6.10 Å². The van der Waals surface area contributed by atoms with Crippen LogP contribution in [0.15, 0.2) is 53.0 Å². The third-order valence-corrected chi connectivity index (χ3v) is 5.99. The van der Waals surface area contributed by atoms with E-state index in [0.29, 0.717) is 10.6 Å². The van der Waals surface area contributed by atoms with E-state index in [1.54, 1.807) is 6.07 Å². The maximum atomic E-state index is 13.0. The third kappa shape index (κ3) is 4.40. The van der Waals surface area contributed by atoms with Crippen molar-refractivity contribution < 1.29 is 34.5 Å². The van der Waals surface area contributed by atoms with Gasteiger partial charge < -0.3 is 15.5 Å². The molecule has 0 bridgehead atoms. The Labute approximate surface area is 205 Å². The first-order valence-corrected chi connectivity index (χ1v) is 11.1. The molecule has 3 atom stereocenters. The fraction of sp³-hybridized carbons (Fsp3) is 0.304. The zero-order chi connectivity index (χ0) is 25.5. The van der Waals surface area contributed by atoms with Crippen molar-refractivity contribution in [3.05, 3.63) is 74.3 Å². The van der Waals surface area contributed by atoms with E-state index >= 15 is 0 Å². The zero-order valence-electron chi connectivity index (χ0n) is 18.9. The van der Waals surface area contributed by atoms with Crippen molar-refractivity contribution in [2.45, 2.75) is 32.4 Å². The summed E-state index contributed by atoms with van der Waals surface area (Å²) in [5.74, 6) is -3.13. The van der Waals surface area contributed by atoms with Gasteiger partial charge in [0.2, 0.25) is 6.34 Å². The summed E-state index contributed by atoms with van der Waals surface area (Å²) in [6.45, 7) is 3.59. The SMILES string of the molecule is CC(C)C[N+]1(O)C=NC(c2cccc([N+](=O)[O-])c2)=C2C(C(=O)NCc3cc(Cl)ccc3O)OC21O. The number of quaternary nitrogens is 1. The quantitative estimate of drug-likeness (QED) is 0.257. The topological polar surface area (TPSA) is 155 Å². The Balaban J connectivity index is 1.71. The van der Waals surface area contributed by atoms with Crippen LogP contribution in [0.3, 0.4) is 0 Å². The van der Waals surface area contributed by atoms with E-state index in [1.807, 2.05) is 13.8 Å². The van der Waals surface area contributed by atoms with Gasteiger partial charge in [-0.05, 0) is 18.2 Å². The molecule has 1 saturated heterocycles. The molecule has 0 aromatic heterocycles. The lowest BCUT2D eigenvalue weighted by atomic mass is 9.89. The Hall–Kier alpha value is -3.35. The minimum atomic E-state index is -2.31. The van der Waals surface area contributed by atoms with E-state index in [1.165, 1.54) is 36.4 Å². The third-order valence-electron chi connectivity index (χ3n) is 5.76. The van der Waals surface area contributed by atoms with Crippen molar-refractivity contribution in [2.24, 2.45) is 10.9 Å². The number of nitro benzene ring substituents is 1. The van der Waals surface area contributed by atoms with Gasteiger partial charge >= 0.3 is 5.91 Å². The highest BCUT2D eigenvalue weighted by molar-refractivity contribution is 6.30. The summed E-state index contributed by atoms with van der Waals surface area (Å²) in [4.78, 5) is 28.0. The van der Waals surface area contributed by atoms with Crippen LogP contribution in [0.1, 0.15) is 25.0 Å². The number of phenols is 1. The molecule has 2 aliphatic heterocycles. The van der Waals surface area contributed by atoms with Crippen molar-refractivity contribution in [2.75, 3.05) is 6.54 Å². The monoisotopic (exact) mass is 503 g/mol. The van der Waals surface area contributed by atoms with E-state index in [-0.39, 0.29) is 47.3 Å². The largest absolute Gasteiger partial charge is 0.508 e. The predicted molar refractivity (Wildman–Crippen MR) is 125 cm³/mol. The highest BCUT2D eigenvalue weighted by Crippen LogP contribution is 2.49. The molecule has 0 radical (unpaired) electrons. The number of aromatic hydroxyl groups is 1. The molecule has 35 heavy (non-hydrogen) atoms. The molecule has 2 heterocycles. The first-order chi connectivity index (χ1) is 16.4. The maximum Gasteiger partial charge on any atom is 0.383 e. The number of nitrogens with zero attached hydrogens (tertiary/aromatic N) is 3. The number of ether oxygens (including phenoxy) is 1. The number of rotatable bonds is 7. The first kappa shape index (κ1) is 24.8. The van der Waals surface area contributed by atoms with Crippen LogP contribution in [0.25, 0.3) is 5.70 Å². The number of carbonyl (C=O) groups excluding carboxylic acids is 1. The Kier molecular flexibility index (Phi) is 6.38. The summed E-state index contributed by atoms with van der Waals surface area (Å²) >= 11 is 5.95. The average Bonchev–Trinajstić information content (AvgIpc) is 2.79. The van der Waals surface area contributed by atoms with E-state index in [2.05, 4.69) is 10.3 Å². The number of hydrogen-bond acceptors (Lipinski definition) is 8. The maximum absolute atomic E-state index is 13.0. The summed E-state index contributed by atoms with van der Waals surface area (Å²) in [7, 11) is 0. The number of fused-ring (bicyclic) bond motifs is 1. The minimum absolute atomic E-state index is 0.0242. The van der Waals surface area contributed by atoms with Gasteiger partial charge in [-0.25, -0.2) is 5.21 Å². The Morgan fingerprint density at radius 3 is 2.77 bits per heavy atom. The van der Waals surface area contributed by atoms with Crippen LogP contribution < -0.4 is 5.32 Å². The lowest BCUT2D eigenvalue weighted by molar-refractivity contribution is -1.11. The average molecular weight is 504 g/mol. The summed E-state index contributed by atoms with van der Waals surface area (Å²) < 4.78 is 4.46. The van der Waals surface area contributed by atoms with Gasteiger partial charge in [0.05, 0.1) is 10.6 Å². The number of halogens is 1. The number of benzene rings is 2. The second-order valence-electron chi connectivity index (χ2n) is 8.81. The Bertz CT molecular complexity index is 1260. The van der Waals surface area contributed by atoms with Crippen molar-refractivity contribution in [3.63, 3.8) is 0 Å². The van der Waals surface area contributed by atoms with Gasteiger partial charge in [0.1, 0.15) is 17.9 Å². The fourth-order valence-electron chi connectivity index (χ4n) is 4.16. The molecule has 12 heteroatoms. The highest BCUT2D eigenvalue weighted by atomic mass is 35.5. The van der Waals surface area contributed by atoms with Crippen molar-refractivity contribution in [1.29, 1.82) is 0 Å². The predicted octanol–water partition coefficient (Wildman–Crippen LogP) is 2.93. The lowest BCUT2D eigenvalue weighted by Gasteiger charge is -2.51. The van der Waals surface area contributed by atoms with Crippen LogP contribution in [-0.2, 0) is 16.1 Å². The number of aliphatic hydroxyl groups is 1. The molecule has 1 amide bonds. The number of non-ortho nitro benzene ring substituents is 1. The number of nitro groups is 1. The molecule has 4 rings (SSSR count). The molecule has 0 aliphatic carbocycles. The normalized spacial score (nSPS) is 25.3. The van der Waals surface area contributed by atoms with Crippen LogP contribution in [-0.4, -0.2) is 55.8 Å². The second kappa shape index (κ2) is 9.02. The van der Waals surface area contributed by atoms with Gasteiger partial charge in [-0.3, -0.25) is 19.6 Å². The number of nitrogens with one attached hydrogen (secondary N) is 1. The van der Waals surface area contributed by atoms with Gasteiger partial charge in [-0.15, -0.1) is 0 Å². The fourth-order valence-corrected chi connectivity index (χ4v) is 4.35. The summed E-state index contributed by atoms with van der Waals surface area (Å²) in [5.41, 5.74) is 0.482. The van der Waals surface area contributed by atoms with Crippen LogP contribution in [0.4, 0.5) is 5.69 Å². The second-order valence-corrected chi connectivity index (χ2v) is 9.25. The van der Waals surface area contributed by atoms with Crippen LogP contribution in [0.5, 0.6) is 5.75 Å². The van der Waals surface area contributed by atoms with Crippen LogP contribution >= 0.6 is 11.6 Å². The zero-order valence-corrected chi connectivity index (χ0v) is 19.6. The van der Waals surface area contributed by atoms with Gasteiger partial charge in [-0.1, -0.05) is 42.2 Å². The molecule has 0 saturated carbocycles. The first-order valence-electron chi connectivity index (χ1n) is 10.8. The van der Waals surface area contributed by atoms with Crippen LogP contribution in [0.2, 0.25) is 5.02 Å². The van der Waals surface area contributed by atoms with E-state index in [4.69, 9.17) is 16.3 Å². The smallest absolute Gasteiger partial charge is 0.383 e. The number of hydroxylamine groups is 3. The van der Waals surface area contributed by atoms with Gasteiger partial charge in [0.25, 0.3) is 11.6 Å². The number of phenolic OH excluding ortho intramolecular Hbond substituents is 1. The standard InChI is InChI=1S/C23H23ClN4O7/c1-13(2)11-28(34)12-26-20(14-4-3-5-17(9-14)27(32)33)19-21(35-23(19,28)31)22(30)25-10-15-8-16(24)6-7-18(15)29/h3-9,12-13,21,31,34H,10-11H2,1-2H3,(H-,25,29,30)/p+1. The van der Waals surface area contributed by atoms with Gasteiger partial charge in [-0.2, -0.15) is 4.99 Å².